The summed E-state index contributed by atoms with van der Waals surface area (Å²) in [6.45, 7) is 2.22. The summed E-state index contributed by atoms with van der Waals surface area (Å²) >= 11 is 0. The first-order chi connectivity index (χ1) is 8.52. The molecule has 1 saturated carbocycles. The Hall–Kier alpha value is -1.10. The minimum Gasteiger partial charge on any atom is -0.481 e. The van der Waals surface area contributed by atoms with E-state index in [4.69, 9.17) is 10.2 Å². The molecule has 1 aliphatic rings. The van der Waals surface area contributed by atoms with Gasteiger partial charge in [-0.25, -0.2) is 0 Å². The molecule has 18 heavy (non-hydrogen) atoms. The summed E-state index contributed by atoms with van der Waals surface area (Å²) in [4.78, 5) is 23.0. The number of hydrogen-bond acceptors (Lipinski definition) is 3. The lowest BCUT2D eigenvalue weighted by molar-refractivity contribution is -0.148. The predicted molar refractivity (Wildman–Crippen MR) is 67.0 cm³/mol. The van der Waals surface area contributed by atoms with Gasteiger partial charge in [-0.1, -0.05) is 12.8 Å². The first kappa shape index (κ1) is 15.0. The zero-order valence-corrected chi connectivity index (χ0v) is 10.9. The first-order valence-corrected chi connectivity index (χ1v) is 6.71. The monoisotopic (exact) mass is 257 g/mol. The smallest absolute Gasteiger partial charge is 0.307 e. The van der Waals surface area contributed by atoms with Crippen molar-refractivity contribution < 1.29 is 19.8 Å². The molecule has 0 spiro atoms. The number of amides is 1. The molecule has 3 N–H and O–H groups in total. The van der Waals surface area contributed by atoms with Crippen LogP contribution in [-0.2, 0) is 9.59 Å². The Morgan fingerprint density at radius 2 is 1.89 bits per heavy atom. The zero-order chi connectivity index (χ0) is 13.5. The number of aliphatic carboxylic acids is 1. The van der Waals surface area contributed by atoms with E-state index in [1.54, 1.807) is 6.92 Å². The van der Waals surface area contributed by atoms with Gasteiger partial charge in [0.2, 0.25) is 5.91 Å². The summed E-state index contributed by atoms with van der Waals surface area (Å²) in [6, 6.07) is 0. The molecular weight excluding hydrogens is 234 g/mol. The van der Waals surface area contributed by atoms with Crippen molar-refractivity contribution in [1.29, 1.82) is 0 Å². The Morgan fingerprint density at radius 3 is 2.44 bits per heavy atom. The van der Waals surface area contributed by atoms with Gasteiger partial charge in [0.05, 0.1) is 17.9 Å². The standard InChI is InChI=1S/C13H23NO4/c1-9(15)5-4-8-14-12(16)10-6-2-3-7-11(10)13(17)18/h9-11,15H,2-8H2,1H3,(H,14,16)(H,17,18). The Labute approximate surface area is 108 Å². The van der Waals surface area contributed by atoms with Crippen LogP contribution in [0.25, 0.3) is 0 Å². The highest BCUT2D eigenvalue weighted by Gasteiger charge is 2.35. The van der Waals surface area contributed by atoms with Crippen LogP contribution >= 0.6 is 0 Å². The van der Waals surface area contributed by atoms with Crippen molar-refractivity contribution in [3.63, 3.8) is 0 Å². The fourth-order valence-corrected chi connectivity index (χ4v) is 2.48. The van der Waals surface area contributed by atoms with E-state index in [0.29, 0.717) is 32.2 Å². The van der Waals surface area contributed by atoms with E-state index in [0.717, 1.165) is 12.8 Å². The van der Waals surface area contributed by atoms with Crippen LogP contribution in [0.1, 0.15) is 45.4 Å². The van der Waals surface area contributed by atoms with Crippen LogP contribution in [0.2, 0.25) is 0 Å². The van der Waals surface area contributed by atoms with Crippen molar-refractivity contribution in [3.8, 4) is 0 Å². The number of aliphatic hydroxyl groups is 1. The maximum absolute atomic E-state index is 11.9. The van der Waals surface area contributed by atoms with Gasteiger partial charge in [0.25, 0.3) is 0 Å². The molecule has 0 bridgehead atoms. The van der Waals surface area contributed by atoms with E-state index in [9.17, 15) is 9.59 Å². The number of hydrogen-bond donors (Lipinski definition) is 3. The highest BCUT2D eigenvalue weighted by Crippen LogP contribution is 2.30. The maximum Gasteiger partial charge on any atom is 0.307 e. The average Bonchev–Trinajstić information content (AvgIpc) is 2.34. The number of rotatable bonds is 6. The topological polar surface area (TPSA) is 86.6 Å². The van der Waals surface area contributed by atoms with Crippen molar-refractivity contribution in [2.24, 2.45) is 11.8 Å². The molecule has 1 rings (SSSR count). The molecule has 0 heterocycles. The molecule has 1 aliphatic carbocycles. The number of nitrogens with one attached hydrogen (secondary N) is 1. The zero-order valence-electron chi connectivity index (χ0n) is 10.9. The third-order valence-electron chi connectivity index (χ3n) is 3.52. The van der Waals surface area contributed by atoms with E-state index in [2.05, 4.69) is 5.32 Å². The summed E-state index contributed by atoms with van der Waals surface area (Å²) in [6.07, 6.45) is 4.09. The average molecular weight is 257 g/mol. The minimum absolute atomic E-state index is 0.146. The molecule has 3 atom stereocenters. The van der Waals surface area contributed by atoms with Crippen LogP contribution < -0.4 is 5.32 Å². The number of carboxylic acid groups (broad SMARTS) is 1. The second-order valence-corrected chi connectivity index (χ2v) is 5.12. The van der Waals surface area contributed by atoms with Crippen molar-refractivity contribution in [3.05, 3.63) is 0 Å². The van der Waals surface area contributed by atoms with Crippen LogP contribution in [0, 0.1) is 11.8 Å². The predicted octanol–water partition coefficient (Wildman–Crippen LogP) is 1.15. The molecule has 0 aromatic heterocycles. The second kappa shape index (κ2) is 7.36. The van der Waals surface area contributed by atoms with E-state index in [1.165, 1.54) is 0 Å². The fraction of sp³-hybridized carbons (Fsp3) is 0.846. The van der Waals surface area contributed by atoms with Crippen LogP contribution in [0.15, 0.2) is 0 Å². The van der Waals surface area contributed by atoms with E-state index < -0.39 is 11.9 Å². The van der Waals surface area contributed by atoms with Crippen LogP contribution in [0.5, 0.6) is 0 Å². The van der Waals surface area contributed by atoms with Crippen molar-refractivity contribution in [2.45, 2.75) is 51.6 Å². The molecule has 0 saturated heterocycles. The van der Waals surface area contributed by atoms with Gasteiger partial charge >= 0.3 is 5.97 Å². The third-order valence-corrected chi connectivity index (χ3v) is 3.52. The van der Waals surface area contributed by atoms with Gasteiger partial charge < -0.3 is 15.5 Å². The number of carbonyl (C=O) groups excluding carboxylic acids is 1. The van der Waals surface area contributed by atoms with E-state index >= 15 is 0 Å². The van der Waals surface area contributed by atoms with Gasteiger partial charge in [-0.2, -0.15) is 0 Å². The van der Waals surface area contributed by atoms with Gasteiger partial charge in [-0.3, -0.25) is 9.59 Å². The fourth-order valence-electron chi connectivity index (χ4n) is 2.48. The molecule has 1 fully saturated rings. The SMILES string of the molecule is CC(O)CCCNC(=O)C1CCCCC1C(=O)O. The summed E-state index contributed by atoms with van der Waals surface area (Å²) in [7, 11) is 0. The summed E-state index contributed by atoms with van der Waals surface area (Å²) in [5, 5.41) is 21.0. The van der Waals surface area contributed by atoms with E-state index in [1.807, 2.05) is 0 Å². The van der Waals surface area contributed by atoms with Crippen molar-refractivity contribution in [2.75, 3.05) is 6.54 Å². The molecule has 5 heteroatoms. The highest BCUT2D eigenvalue weighted by molar-refractivity contribution is 5.84. The molecule has 5 nitrogen and oxygen atoms in total. The van der Waals surface area contributed by atoms with E-state index in [-0.39, 0.29) is 17.9 Å². The lowest BCUT2D eigenvalue weighted by Crippen LogP contribution is -2.40. The Morgan fingerprint density at radius 1 is 1.28 bits per heavy atom. The second-order valence-electron chi connectivity index (χ2n) is 5.12. The minimum atomic E-state index is -0.862. The summed E-state index contributed by atoms with van der Waals surface area (Å²) < 4.78 is 0. The molecule has 1 amide bonds. The highest BCUT2D eigenvalue weighted by atomic mass is 16.4. The molecule has 0 aromatic rings. The van der Waals surface area contributed by atoms with Gasteiger partial charge in [-0.15, -0.1) is 0 Å². The van der Waals surface area contributed by atoms with Gasteiger partial charge in [0.15, 0.2) is 0 Å². The Balaban J connectivity index is 2.36. The Kier molecular flexibility index (Phi) is 6.12. The van der Waals surface area contributed by atoms with Crippen molar-refractivity contribution in [1.82, 2.24) is 5.32 Å². The van der Waals surface area contributed by atoms with Crippen LogP contribution in [0.4, 0.5) is 0 Å². The van der Waals surface area contributed by atoms with Crippen LogP contribution in [0.3, 0.4) is 0 Å². The van der Waals surface area contributed by atoms with Gasteiger partial charge in [0.1, 0.15) is 0 Å². The van der Waals surface area contributed by atoms with Gasteiger partial charge in [0, 0.05) is 6.54 Å². The molecule has 104 valence electrons. The van der Waals surface area contributed by atoms with Crippen molar-refractivity contribution >= 4 is 11.9 Å². The largest absolute Gasteiger partial charge is 0.481 e. The molecule has 0 radical (unpaired) electrons. The van der Waals surface area contributed by atoms with Crippen LogP contribution in [-0.4, -0.2) is 34.7 Å². The molecule has 0 aliphatic heterocycles. The maximum atomic E-state index is 11.9. The summed E-state index contributed by atoms with van der Waals surface area (Å²) in [5.41, 5.74) is 0. The number of carbonyl (C=O) groups is 2. The van der Waals surface area contributed by atoms with Gasteiger partial charge in [-0.05, 0) is 32.6 Å². The molecule has 0 aromatic carbocycles. The molecular formula is C13H23NO4. The number of carboxylic acids is 1. The lowest BCUT2D eigenvalue weighted by Gasteiger charge is -2.27. The summed E-state index contributed by atoms with van der Waals surface area (Å²) in [5.74, 6) is -1.93. The molecule has 3 unspecified atom stereocenters. The quantitative estimate of drug-likeness (QED) is 0.623. The lowest BCUT2D eigenvalue weighted by atomic mass is 9.78. The third kappa shape index (κ3) is 4.64. The Bertz CT molecular complexity index is 291. The normalized spacial score (nSPS) is 25.4. The number of aliphatic hydroxyl groups excluding tert-OH is 1. The first-order valence-electron chi connectivity index (χ1n) is 6.71.